The van der Waals surface area contributed by atoms with Crippen LogP contribution < -0.4 is 11.3 Å². The number of carbonyl (C=O) groups is 1. The van der Waals surface area contributed by atoms with Gasteiger partial charge in [0.2, 0.25) is 5.91 Å². The summed E-state index contributed by atoms with van der Waals surface area (Å²) in [5.74, 6) is -0.469. The average Bonchev–Trinajstić information content (AvgIpc) is 2.40. The molecule has 1 heterocycles. The van der Waals surface area contributed by atoms with Gasteiger partial charge in [-0.2, -0.15) is 0 Å². The highest BCUT2D eigenvalue weighted by Crippen LogP contribution is 2.08. The summed E-state index contributed by atoms with van der Waals surface area (Å²) in [6.07, 6.45) is 1.50. The Morgan fingerprint density at radius 3 is 2.58 bits per heavy atom. The van der Waals surface area contributed by atoms with Gasteiger partial charge in [-0.3, -0.25) is 14.2 Å². The molecular weight excluding hydrogens is 310 g/mol. The zero-order valence-corrected chi connectivity index (χ0v) is 11.8. The topological polar surface area (TPSA) is 78.0 Å². The van der Waals surface area contributed by atoms with Crippen LogP contribution in [-0.2, 0) is 6.54 Å². The normalized spacial score (nSPS) is 10.4. The Hall–Kier alpha value is -1.95. The van der Waals surface area contributed by atoms with Crippen molar-refractivity contribution in [3.05, 3.63) is 62.2 Å². The minimum Gasteiger partial charge on any atom is -0.366 e. The van der Waals surface area contributed by atoms with E-state index in [1.54, 1.807) is 31.2 Å². The fourth-order valence-corrected chi connectivity index (χ4v) is 1.96. The van der Waals surface area contributed by atoms with Crippen LogP contribution in [0.25, 0.3) is 0 Å². The summed E-state index contributed by atoms with van der Waals surface area (Å²) < 4.78 is 1.96. The van der Waals surface area contributed by atoms with Crippen LogP contribution in [0, 0.1) is 6.92 Å². The van der Waals surface area contributed by atoms with Crippen molar-refractivity contribution in [3.63, 3.8) is 0 Å². The molecule has 19 heavy (non-hydrogen) atoms. The highest BCUT2D eigenvalue weighted by molar-refractivity contribution is 9.10. The van der Waals surface area contributed by atoms with Gasteiger partial charge in [0.25, 0.3) is 5.56 Å². The monoisotopic (exact) mass is 321 g/mol. The third-order valence-corrected chi connectivity index (χ3v) is 3.66. The van der Waals surface area contributed by atoms with Crippen LogP contribution >= 0.6 is 15.9 Å². The second kappa shape index (κ2) is 5.36. The lowest BCUT2D eigenvalue weighted by molar-refractivity contribution is 0.100. The maximum absolute atomic E-state index is 12.0. The lowest BCUT2D eigenvalue weighted by Crippen LogP contribution is -2.22. The molecule has 0 saturated heterocycles. The smallest absolute Gasteiger partial charge is 0.268 e. The van der Waals surface area contributed by atoms with Crippen LogP contribution in [0.4, 0.5) is 0 Å². The molecule has 1 aromatic carbocycles. The number of primary amides is 1. The van der Waals surface area contributed by atoms with Crippen molar-refractivity contribution in [3.8, 4) is 0 Å². The largest absolute Gasteiger partial charge is 0.366 e. The quantitative estimate of drug-likeness (QED) is 0.929. The van der Waals surface area contributed by atoms with Crippen molar-refractivity contribution in [2.45, 2.75) is 13.5 Å². The molecule has 0 aliphatic heterocycles. The molecular formula is C13H12BrN3O2. The van der Waals surface area contributed by atoms with Crippen molar-refractivity contribution in [1.82, 2.24) is 9.55 Å². The summed E-state index contributed by atoms with van der Waals surface area (Å²) >= 11 is 3.22. The van der Waals surface area contributed by atoms with Gasteiger partial charge in [-0.05, 0) is 40.5 Å². The van der Waals surface area contributed by atoms with Crippen molar-refractivity contribution in [1.29, 1.82) is 0 Å². The van der Waals surface area contributed by atoms with Crippen molar-refractivity contribution < 1.29 is 4.79 Å². The Morgan fingerprint density at radius 2 is 2.00 bits per heavy atom. The summed E-state index contributed by atoms with van der Waals surface area (Å²) in [5.41, 5.74) is 7.03. The molecule has 1 aromatic heterocycles. The second-order valence-electron chi connectivity index (χ2n) is 4.14. The van der Waals surface area contributed by atoms with Gasteiger partial charge in [-0.1, -0.05) is 12.1 Å². The average molecular weight is 322 g/mol. The van der Waals surface area contributed by atoms with Crippen molar-refractivity contribution >= 4 is 21.8 Å². The molecule has 0 fully saturated rings. The number of amides is 1. The van der Waals surface area contributed by atoms with Crippen LogP contribution in [0.1, 0.15) is 21.6 Å². The molecule has 6 heteroatoms. The number of aromatic nitrogens is 2. The zero-order valence-electron chi connectivity index (χ0n) is 10.3. The summed E-state index contributed by atoms with van der Waals surface area (Å²) in [4.78, 5) is 27.1. The van der Waals surface area contributed by atoms with Crippen LogP contribution in [-0.4, -0.2) is 15.5 Å². The predicted molar refractivity (Wildman–Crippen MR) is 75.0 cm³/mol. The van der Waals surface area contributed by atoms with Gasteiger partial charge in [-0.25, -0.2) is 4.98 Å². The highest BCUT2D eigenvalue weighted by atomic mass is 79.9. The standard InChI is InChI=1S/C13H12BrN3O2/c1-8-11(14)13(19)17(7-16-8)6-9-2-4-10(5-3-9)12(15)18/h2-5,7H,6H2,1H3,(H2,15,18). The second-order valence-corrected chi connectivity index (χ2v) is 4.93. The van der Waals surface area contributed by atoms with Gasteiger partial charge in [0, 0.05) is 5.56 Å². The third kappa shape index (κ3) is 2.90. The fourth-order valence-electron chi connectivity index (χ4n) is 1.63. The van der Waals surface area contributed by atoms with E-state index in [0.717, 1.165) is 5.56 Å². The van der Waals surface area contributed by atoms with Crippen LogP contribution in [0.5, 0.6) is 0 Å². The van der Waals surface area contributed by atoms with Crippen LogP contribution in [0.2, 0.25) is 0 Å². The summed E-state index contributed by atoms with van der Waals surface area (Å²) in [6, 6.07) is 6.80. The minimum atomic E-state index is -0.469. The number of nitrogens with two attached hydrogens (primary N) is 1. The number of halogens is 1. The highest BCUT2D eigenvalue weighted by Gasteiger charge is 2.06. The first kappa shape index (κ1) is 13.5. The molecule has 0 radical (unpaired) electrons. The number of benzene rings is 1. The molecule has 0 aliphatic rings. The molecule has 0 bridgehead atoms. The van der Waals surface area contributed by atoms with E-state index in [1.165, 1.54) is 10.9 Å². The molecule has 5 nitrogen and oxygen atoms in total. The van der Waals surface area contributed by atoms with Gasteiger partial charge >= 0.3 is 0 Å². The van der Waals surface area contributed by atoms with Crippen LogP contribution in [0.15, 0.2) is 39.9 Å². The molecule has 0 spiro atoms. The molecule has 0 unspecified atom stereocenters. The van der Waals surface area contributed by atoms with E-state index in [-0.39, 0.29) is 5.56 Å². The molecule has 2 N–H and O–H groups in total. The number of rotatable bonds is 3. The van der Waals surface area contributed by atoms with E-state index in [2.05, 4.69) is 20.9 Å². The molecule has 0 aliphatic carbocycles. The number of aryl methyl sites for hydroxylation is 1. The van der Waals surface area contributed by atoms with Crippen molar-refractivity contribution in [2.24, 2.45) is 5.73 Å². The Morgan fingerprint density at radius 1 is 1.37 bits per heavy atom. The zero-order chi connectivity index (χ0) is 14.0. The Labute approximate surface area is 118 Å². The summed E-state index contributed by atoms with van der Waals surface area (Å²) in [5, 5.41) is 0. The van der Waals surface area contributed by atoms with Crippen LogP contribution in [0.3, 0.4) is 0 Å². The molecule has 1 amide bonds. The number of hydrogen-bond acceptors (Lipinski definition) is 3. The minimum absolute atomic E-state index is 0.133. The van der Waals surface area contributed by atoms with E-state index in [0.29, 0.717) is 22.3 Å². The first-order valence-corrected chi connectivity index (χ1v) is 6.38. The molecule has 0 atom stereocenters. The fraction of sp³-hybridized carbons (Fsp3) is 0.154. The summed E-state index contributed by atoms with van der Waals surface area (Å²) in [6.45, 7) is 2.15. The SMILES string of the molecule is Cc1ncn(Cc2ccc(C(N)=O)cc2)c(=O)c1Br. The number of nitrogens with zero attached hydrogens (tertiary/aromatic N) is 2. The van der Waals surface area contributed by atoms with E-state index in [4.69, 9.17) is 5.73 Å². The van der Waals surface area contributed by atoms with E-state index in [9.17, 15) is 9.59 Å². The van der Waals surface area contributed by atoms with Gasteiger partial charge in [-0.15, -0.1) is 0 Å². The Bertz CT molecular complexity index is 677. The number of hydrogen-bond donors (Lipinski definition) is 1. The van der Waals surface area contributed by atoms with Gasteiger partial charge < -0.3 is 5.73 Å². The lowest BCUT2D eigenvalue weighted by atomic mass is 10.1. The maximum atomic E-state index is 12.0. The van der Waals surface area contributed by atoms with Gasteiger partial charge in [0.15, 0.2) is 0 Å². The van der Waals surface area contributed by atoms with E-state index < -0.39 is 5.91 Å². The lowest BCUT2D eigenvalue weighted by Gasteiger charge is -2.07. The molecule has 98 valence electrons. The molecule has 0 saturated carbocycles. The Kier molecular flexibility index (Phi) is 3.80. The first-order chi connectivity index (χ1) is 8.99. The third-order valence-electron chi connectivity index (χ3n) is 2.75. The van der Waals surface area contributed by atoms with Gasteiger partial charge in [0.05, 0.1) is 18.6 Å². The predicted octanol–water partition coefficient (Wildman–Crippen LogP) is 1.46. The van der Waals surface area contributed by atoms with Gasteiger partial charge in [0.1, 0.15) is 4.47 Å². The molecule has 2 aromatic rings. The Balaban J connectivity index is 2.29. The van der Waals surface area contributed by atoms with E-state index >= 15 is 0 Å². The van der Waals surface area contributed by atoms with Crippen molar-refractivity contribution in [2.75, 3.05) is 0 Å². The number of carbonyl (C=O) groups excluding carboxylic acids is 1. The summed E-state index contributed by atoms with van der Waals surface area (Å²) in [7, 11) is 0. The van der Waals surface area contributed by atoms with E-state index in [1.807, 2.05) is 0 Å². The maximum Gasteiger partial charge on any atom is 0.268 e. The molecule has 2 rings (SSSR count). The first-order valence-electron chi connectivity index (χ1n) is 5.59.